The van der Waals surface area contributed by atoms with Gasteiger partial charge in [-0.15, -0.1) is 0 Å². The van der Waals surface area contributed by atoms with E-state index in [1.165, 1.54) is 19.3 Å². The van der Waals surface area contributed by atoms with Crippen molar-refractivity contribution in [2.24, 2.45) is 0 Å². The Kier molecular flexibility index (Phi) is 3.62. The number of hydrogen-bond acceptors (Lipinski definition) is 6. The summed E-state index contributed by atoms with van der Waals surface area (Å²) in [6.45, 7) is 1.19. The second-order valence-corrected chi connectivity index (χ2v) is 7.10. The fourth-order valence-electron chi connectivity index (χ4n) is 1.57. The van der Waals surface area contributed by atoms with E-state index in [1.54, 1.807) is 0 Å². The number of hydrogen-bond donors (Lipinski definition) is 4. The first-order valence-electron chi connectivity index (χ1n) is 5.23. The van der Waals surface area contributed by atoms with Crippen LogP contribution in [-0.4, -0.2) is 53.6 Å². The molecule has 1 heterocycles. The number of carbonyl (C=O) groups excluding carboxylic acids is 1. The molecule has 106 valence electrons. The number of benzene rings is 1. The third kappa shape index (κ3) is 2.72. The molecule has 1 aromatic heterocycles. The van der Waals surface area contributed by atoms with Gasteiger partial charge in [0.2, 0.25) is 0 Å². The minimum atomic E-state index is -5.33. The third-order valence-electron chi connectivity index (χ3n) is 2.35. The third-order valence-corrected chi connectivity index (χ3v) is 4.42. The van der Waals surface area contributed by atoms with Crippen molar-refractivity contribution in [3.63, 3.8) is 0 Å². The van der Waals surface area contributed by atoms with E-state index in [2.05, 4.69) is 20.8 Å². The Morgan fingerprint density at radius 3 is 2.60 bits per heavy atom. The van der Waals surface area contributed by atoms with Gasteiger partial charge in [-0.1, -0.05) is 0 Å². The minimum absolute atomic E-state index is 0.174. The maximum absolute atomic E-state index is 11.3. The number of rotatable bonds is 3. The Morgan fingerprint density at radius 1 is 1.40 bits per heavy atom. The summed E-state index contributed by atoms with van der Waals surface area (Å²) in [4.78, 5) is 11.2. The van der Waals surface area contributed by atoms with Crippen molar-refractivity contribution in [2.45, 2.75) is 6.92 Å². The van der Waals surface area contributed by atoms with Crippen LogP contribution in [0, 0.1) is 0 Å². The molecule has 0 saturated heterocycles. The van der Waals surface area contributed by atoms with Gasteiger partial charge in [0.05, 0.1) is 0 Å². The van der Waals surface area contributed by atoms with Gasteiger partial charge in [0.15, 0.2) is 0 Å². The number of carbonyl (C=O) groups is 1. The van der Waals surface area contributed by atoms with Gasteiger partial charge in [-0.2, -0.15) is 0 Å². The van der Waals surface area contributed by atoms with Crippen LogP contribution < -0.4 is 9.67 Å². The van der Waals surface area contributed by atoms with Crippen LogP contribution in [0.25, 0.3) is 5.69 Å². The van der Waals surface area contributed by atoms with E-state index in [0.717, 1.165) is 10.7 Å². The number of aromatic hydroxyl groups is 1. The number of phenolic OH excluding ortho intramolecular Hbond substituents is 1. The fraction of sp³-hybridized carbons (Fsp3) is 0.111. The van der Waals surface area contributed by atoms with E-state index in [1.807, 2.05) is 0 Å². The first-order chi connectivity index (χ1) is 9.30. The number of phenols is 1. The van der Waals surface area contributed by atoms with Crippen LogP contribution in [-0.2, 0) is 8.53 Å². The number of nitrogens with zero attached hydrogens (tertiary/aromatic N) is 4. The van der Waals surface area contributed by atoms with E-state index in [4.69, 9.17) is 0 Å². The molecule has 10 nitrogen and oxygen atoms in total. The predicted octanol–water partition coefficient (Wildman–Crippen LogP) is -2.11. The molecule has 0 aliphatic carbocycles. The van der Waals surface area contributed by atoms with Crippen molar-refractivity contribution < 1.29 is 21.8 Å². The molecular formula is C9H10AsN5O5. The van der Waals surface area contributed by atoms with E-state index >= 15 is 0 Å². The van der Waals surface area contributed by atoms with Crippen molar-refractivity contribution in [3.05, 3.63) is 18.5 Å². The Labute approximate surface area is 115 Å². The zero-order valence-electron chi connectivity index (χ0n) is 10.1. The van der Waals surface area contributed by atoms with Crippen LogP contribution in [0.15, 0.2) is 18.5 Å². The molecule has 20 heavy (non-hydrogen) atoms. The van der Waals surface area contributed by atoms with Crippen molar-refractivity contribution in [3.8, 4) is 11.4 Å². The van der Waals surface area contributed by atoms with E-state index in [9.17, 15) is 21.8 Å². The zero-order valence-corrected chi connectivity index (χ0v) is 12.0. The summed E-state index contributed by atoms with van der Waals surface area (Å²) in [6.07, 6.45) is 1.21. The molecule has 0 spiro atoms. The Balaban J connectivity index is 2.68. The molecule has 0 aliphatic rings. The van der Waals surface area contributed by atoms with Crippen LogP contribution in [0.3, 0.4) is 0 Å². The van der Waals surface area contributed by atoms with Crippen LogP contribution in [0.2, 0.25) is 0 Å². The molecular weight excluding hydrogens is 333 g/mol. The van der Waals surface area contributed by atoms with Crippen LogP contribution in [0.1, 0.15) is 6.92 Å². The van der Waals surface area contributed by atoms with Gasteiger partial charge in [0, 0.05) is 0 Å². The molecule has 4 N–H and O–H groups in total. The second-order valence-electron chi connectivity index (χ2n) is 3.81. The van der Waals surface area contributed by atoms with Gasteiger partial charge in [-0.05, 0) is 0 Å². The molecule has 0 atom stereocenters. The van der Waals surface area contributed by atoms with E-state index in [-0.39, 0.29) is 11.4 Å². The van der Waals surface area contributed by atoms with Gasteiger partial charge in [0.25, 0.3) is 0 Å². The van der Waals surface area contributed by atoms with Gasteiger partial charge >= 0.3 is 114 Å². The number of tetrazole rings is 1. The fourth-order valence-corrected chi connectivity index (χ4v) is 2.94. The summed E-state index contributed by atoms with van der Waals surface area (Å²) in [6, 6.07) is 2.36. The average molecular weight is 343 g/mol. The second kappa shape index (κ2) is 5.08. The number of amides is 1. The van der Waals surface area contributed by atoms with Crippen molar-refractivity contribution >= 4 is 30.1 Å². The first kappa shape index (κ1) is 14.3. The molecule has 0 saturated carbocycles. The van der Waals surface area contributed by atoms with Crippen molar-refractivity contribution in [2.75, 3.05) is 5.32 Å². The monoisotopic (exact) mass is 343 g/mol. The topological polar surface area (TPSA) is 150 Å². The molecule has 0 bridgehead atoms. The molecule has 11 heteroatoms. The summed E-state index contributed by atoms with van der Waals surface area (Å²) in [5.74, 6) is -1.23. The Hall–Kier alpha value is -2.16. The molecule has 2 aromatic rings. The maximum atomic E-state index is 11.3. The zero-order chi connectivity index (χ0) is 14.9. The Morgan fingerprint density at radius 2 is 2.10 bits per heavy atom. The van der Waals surface area contributed by atoms with E-state index < -0.39 is 30.2 Å². The molecule has 2 rings (SSSR count). The number of aromatic nitrogens is 4. The average Bonchev–Trinajstić information content (AvgIpc) is 2.82. The summed E-state index contributed by atoms with van der Waals surface area (Å²) >= 11 is -5.33. The quantitative estimate of drug-likeness (QED) is 0.365. The Bertz CT molecular complexity index is 695. The predicted molar refractivity (Wildman–Crippen MR) is 65.6 cm³/mol. The van der Waals surface area contributed by atoms with Crippen molar-refractivity contribution in [1.29, 1.82) is 0 Å². The number of nitrogens with one attached hydrogen (secondary N) is 1. The normalized spacial score (nSPS) is 11.3. The summed E-state index contributed by atoms with van der Waals surface area (Å²) in [5, 5.41) is 22.7. The molecule has 1 aromatic carbocycles. The van der Waals surface area contributed by atoms with Crippen LogP contribution >= 0.6 is 0 Å². The molecule has 0 unspecified atom stereocenters. The standard InChI is InChI=1S/C9H10AsN5O5/c1-5(16)12-8-7(15-4-11-13-14-15)3-2-6(9(8)17)10(18,19)20/h2-4,17H,1H3,(H,12,16)(H2,18,19,20). The van der Waals surface area contributed by atoms with E-state index in [0.29, 0.717) is 0 Å². The SMILES string of the molecule is CC(=O)Nc1c(-n2cnnn2)ccc([As](=O)(O)O)c1O. The van der Waals surface area contributed by atoms with Crippen molar-refractivity contribution in [1.82, 2.24) is 20.2 Å². The molecule has 0 radical (unpaired) electrons. The van der Waals surface area contributed by atoms with Gasteiger partial charge in [-0.25, -0.2) is 0 Å². The summed E-state index contributed by atoms with van der Waals surface area (Å²) in [5.41, 5.74) is 0.00225. The summed E-state index contributed by atoms with van der Waals surface area (Å²) < 4.78 is 30.3. The number of anilines is 1. The van der Waals surface area contributed by atoms with Gasteiger partial charge in [-0.3, -0.25) is 0 Å². The summed E-state index contributed by atoms with van der Waals surface area (Å²) in [7, 11) is 0. The molecule has 1 amide bonds. The molecule has 0 fully saturated rings. The first-order valence-corrected chi connectivity index (χ1v) is 8.62. The molecule has 0 aliphatic heterocycles. The van der Waals surface area contributed by atoms with Gasteiger partial charge < -0.3 is 0 Å². The van der Waals surface area contributed by atoms with Crippen LogP contribution in [0.5, 0.6) is 5.75 Å². The van der Waals surface area contributed by atoms with Gasteiger partial charge in [0.1, 0.15) is 0 Å². The van der Waals surface area contributed by atoms with Crippen LogP contribution in [0.4, 0.5) is 5.69 Å².